The zero-order valence-electron chi connectivity index (χ0n) is 7.60. The second-order valence-corrected chi connectivity index (χ2v) is 4.41. The summed E-state index contributed by atoms with van der Waals surface area (Å²) in [5, 5.41) is 1.08. The maximum absolute atomic E-state index is 9.92. The van der Waals surface area contributed by atoms with Gasteiger partial charge in [-0.1, -0.05) is 0 Å². The highest BCUT2D eigenvalue weighted by atomic mass is 35.5. The Balaban J connectivity index is 0.000000255. The van der Waals surface area contributed by atoms with Gasteiger partial charge in [0.2, 0.25) is 0 Å². The SMILES string of the molecule is Cc1ncc(CCl)s1.O=C(CCl)CCl. The zero-order valence-corrected chi connectivity index (χ0v) is 10.7. The van der Waals surface area contributed by atoms with E-state index in [0.29, 0.717) is 5.88 Å². The average molecular weight is 275 g/mol. The van der Waals surface area contributed by atoms with Gasteiger partial charge < -0.3 is 0 Å². The Bertz CT molecular complexity index is 271. The van der Waals surface area contributed by atoms with Crippen molar-refractivity contribution in [2.45, 2.75) is 12.8 Å². The topological polar surface area (TPSA) is 30.0 Å². The molecule has 14 heavy (non-hydrogen) atoms. The Morgan fingerprint density at radius 2 is 2.00 bits per heavy atom. The van der Waals surface area contributed by atoms with Crippen LogP contribution in [0.15, 0.2) is 6.20 Å². The molecule has 0 saturated heterocycles. The van der Waals surface area contributed by atoms with Crippen molar-refractivity contribution >= 4 is 51.9 Å². The fourth-order valence-electron chi connectivity index (χ4n) is 0.503. The van der Waals surface area contributed by atoms with E-state index in [1.165, 1.54) is 0 Å². The van der Waals surface area contributed by atoms with Crippen LogP contribution in [0.2, 0.25) is 0 Å². The predicted molar refractivity (Wildman–Crippen MR) is 62.9 cm³/mol. The normalized spacial score (nSPS) is 9.14. The number of aryl methyl sites for hydroxylation is 1. The van der Waals surface area contributed by atoms with Crippen molar-refractivity contribution < 1.29 is 4.79 Å². The molecule has 0 aliphatic carbocycles. The fraction of sp³-hybridized carbons (Fsp3) is 0.500. The van der Waals surface area contributed by atoms with E-state index < -0.39 is 0 Å². The molecule has 0 fully saturated rings. The summed E-state index contributed by atoms with van der Waals surface area (Å²) in [6, 6.07) is 0. The molecule has 2 nitrogen and oxygen atoms in total. The van der Waals surface area contributed by atoms with Gasteiger partial charge in [0.05, 0.1) is 22.6 Å². The molecule has 0 aromatic carbocycles. The van der Waals surface area contributed by atoms with Crippen LogP contribution >= 0.6 is 46.1 Å². The van der Waals surface area contributed by atoms with Crippen LogP contribution in [-0.2, 0) is 10.7 Å². The molecule has 80 valence electrons. The Labute approximate surface area is 102 Å². The molecular formula is C8H10Cl3NOS. The van der Waals surface area contributed by atoms with Gasteiger partial charge in [0.25, 0.3) is 0 Å². The van der Waals surface area contributed by atoms with E-state index in [4.69, 9.17) is 34.8 Å². The number of rotatable bonds is 3. The molecule has 1 heterocycles. The van der Waals surface area contributed by atoms with E-state index in [0.717, 1.165) is 9.88 Å². The summed E-state index contributed by atoms with van der Waals surface area (Å²) in [5.41, 5.74) is 0. The summed E-state index contributed by atoms with van der Waals surface area (Å²) < 4.78 is 0. The molecule has 0 saturated carbocycles. The van der Waals surface area contributed by atoms with Gasteiger partial charge in [-0.2, -0.15) is 0 Å². The summed E-state index contributed by atoms with van der Waals surface area (Å²) in [6.45, 7) is 1.97. The molecule has 0 N–H and O–H groups in total. The zero-order chi connectivity index (χ0) is 11.0. The number of thiazole rings is 1. The van der Waals surface area contributed by atoms with Crippen molar-refractivity contribution in [1.82, 2.24) is 4.98 Å². The first kappa shape index (κ1) is 14.2. The number of halogens is 3. The molecule has 0 aliphatic rings. The Kier molecular flexibility index (Phi) is 8.58. The molecule has 6 heteroatoms. The van der Waals surface area contributed by atoms with Gasteiger partial charge in [-0.15, -0.1) is 46.1 Å². The van der Waals surface area contributed by atoms with Crippen LogP contribution in [0.1, 0.15) is 9.88 Å². The lowest BCUT2D eigenvalue weighted by Crippen LogP contribution is -1.98. The summed E-state index contributed by atoms with van der Waals surface area (Å²) in [7, 11) is 0. The van der Waals surface area contributed by atoms with E-state index in [2.05, 4.69) is 4.98 Å². The lowest BCUT2D eigenvalue weighted by Gasteiger charge is -1.77. The van der Waals surface area contributed by atoms with Crippen LogP contribution < -0.4 is 0 Å². The van der Waals surface area contributed by atoms with Gasteiger partial charge in [0.15, 0.2) is 5.78 Å². The van der Waals surface area contributed by atoms with Crippen LogP contribution in [0.3, 0.4) is 0 Å². The van der Waals surface area contributed by atoms with Crippen molar-refractivity contribution in [3.05, 3.63) is 16.1 Å². The van der Waals surface area contributed by atoms with Crippen LogP contribution in [0.5, 0.6) is 0 Å². The number of nitrogens with zero attached hydrogens (tertiary/aromatic N) is 1. The van der Waals surface area contributed by atoms with Crippen molar-refractivity contribution in [3.63, 3.8) is 0 Å². The summed E-state index contributed by atoms with van der Waals surface area (Å²) in [5.74, 6) is 0.525. The third-order valence-electron chi connectivity index (χ3n) is 1.10. The van der Waals surface area contributed by atoms with Gasteiger partial charge in [-0.3, -0.25) is 4.79 Å². The number of hydrogen-bond acceptors (Lipinski definition) is 3. The van der Waals surface area contributed by atoms with Gasteiger partial charge in [0, 0.05) is 11.1 Å². The largest absolute Gasteiger partial charge is 0.297 e. The molecule has 0 atom stereocenters. The molecule has 0 aliphatic heterocycles. The van der Waals surface area contributed by atoms with Gasteiger partial charge in [-0.05, 0) is 6.92 Å². The third-order valence-corrected chi connectivity index (χ3v) is 3.05. The summed E-state index contributed by atoms with van der Waals surface area (Å²) in [4.78, 5) is 15.1. The maximum atomic E-state index is 9.92. The maximum Gasteiger partial charge on any atom is 0.162 e. The van der Waals surface area contributed by atoms with Crippen LogP contribution in [0, 0.1) is 6.92 Å². The first-order valence-electron chi connectivity index (χ1n) is 3.75. The van der Waals surface area contributed by atoms with E-state index >= 15 is 0 Å². The third kappa shape index (κ3) is 6.60. The van der Waals surface area contributed by atoms with Gasteiger partial charge in [-0.25, -0.2) is 4.98 Å². The molecule has 0 amide bonds. The van der Waals surface area contributed by atoms with Crippen molar-refractivity contribution in [1.29, 1.82) is 0 Å². The Morgan fingerprint density at radius 3 is 2.14 bits per heavy atom. The number of Topliss-reactive ketones (excluding diaryl/α,β-unsaturated/α-hetero) is 1. The number of aromatic nitrogens is 1. The minimum Gasteiger partial charge on any atom is -0.297 e. The van der Waals surface area contributed by atoms with Gasteiger partial charge >= 0.3 is 0 Å². The van der Waals surface area contributed by atoms with Crippen molar-refractivity contribution in [2.75, 3.05) is 11.8 Å². The highest BCUT2D eigenvalue weighted by Crippen LogP contribution is 2.12. The Morgan fingerprint density at radius 1 is 1.43 bits per heavy atom. The number of carbonyl (C=O) groups is 1. The predicted octanol–water partition coefficient (Wildman–Crippen LogP) is 3.22. The second-order valence-electron chi connectivity index (χ2n) is 2.29. The first-order valence-corrected chi connectivity index (χ1v) is 6.17. The number of carbonyl (C=O) groups excluding carboxylic acids is 1. The average Bonchev–Trinajstić information content (AvgIpc) is 2.64. The lowest BCUT2D eigenvalue weighted by molar-refractivity contribution is -0.114. The van der Waals surface area contributed by atoms with Crippen LogP contribution in [0.25, 0.3) is 0 Å². The molecule has 0 bridgehead atoms. The molecule has 0 spiro atoms. The molecule has 0 unspecified atom stereocenters. The number of hydrogen-bond donors (Lipinski definition) is 0. The van der Waals surface area contributed by atoms with E-state index in [9.17, 15) is 4.79 Å². The van der Waals surface area contributed by atoms with E-state index in [1.807, 2.05) is 13.1 Å². The minimum atomic E-state index is -0.127. The minimum absolute atomic E-state index is 0.0312. The molecule has 1 aromatic rings. The number of ketones is 1. The number of alkyl halides is 3. The van der Waals surface area contributed by atoms with Crippen molar-refractivity contribution in [2.24, 2.45) is 0 Å². The van der Waals surface area contributed by atoms with Crippen LogP contribution in [0.4, 0.5) is 0 Å². The van der Waals surface area contributed by atoms with Crippen LogP contribution in [-0.4, -0.2) is 22.5 Å². The second kappa shape index (κ2) is 8.48. The molecule has 0 radical (unpaired) electrons. The smallest absolute Gasteiger partial charge is 0.162 e. The quantitative estimate of drug-likeness (QED) is 0.792. The molecule has 1 rings (SSSR count). The first-order chi connectivity index (χ1) is 6.63. The standard InChI is InChI=1S/C5H6ClNS.C3H4Cl2O/c1-4-7-3-5(2-6)8-4;4-1-3(6)2-5/h3H,2H2,1H3;1-2H2. The van der Waals surface area contributed by atoms with Crippen molar-refractivity contribution in [3.8, 4) is 0 Å². The summed E-state index contributed by atoms with van der Waals surface area (Å²) in [6.07, 6.45) is 1.81. The Hall–Kier alpha value is 0.170. The monoisotopic (exact) mass is 273 g/mol. The summed E-state index contributed by atoms with van der Waals surface area (Å²) >= 11 is 17.2. The lowest BCUT2D eigenvalue weighted by atomic mass is 10.5. The highest BCUT2D eigenvalue weighted by molar-refractivity contribution is 7.11. The highest BCUT2D eigenvalue weighted by Gasteiger charge is 1.92. The fourth-order valence-corrected chi connectivity index (χ4v) is 1.67. The van der Waals surface area contributed by atoms with E-state index in [1.54, 1.807) is 11.3 Å². The van der Waals surface area contributed by atoms with E-state index in [-0.39, 0.29) is 17.5 Å². The molecule has 1 aromatic heterocycles. The molecular weight excluding hydrogens is 265 g/mol. The van der Waals surface area contributed by atoms with Gasteiger partial charge in [0.1, 0.15) is 0 Å².